The second kappa shape index (κ2) is 19.5. The zero-order valence-corrected chi connectivity index (χ0v) is 22.6. The Bertz CT molecular complexity index is 644. The maximum Gasteiger partial charge on any atom is 0.211 e. The van der Waals surface area contributed by atoms with Crippen LogP contribution in [0.15, 0.2) is 0 Å². The van der Waals surface area contributed by atoms with Gasteiger partial charge >= 0.3 is 0 Å². The molecule has 0 radical (unpaired) electrons. The fraction of sp³-hybridized carbons (Fsp3) is 0.793. The SMILES string of the molecule is CCCCCCOc1c(O)c(O)c(CCCCC)c(OCCCCCC)c1OCCCCCC. The quantitative estimate of drug-likeness (QED) is 0.128. The Labute approximate surface area is 209 Å². The van der Waals surface area contributed by atoms with Crippen LogP contribution in [0, 0.1) is 0 Å². The molecule has 2 N–H and O–H groups in total. The molecule has 198 valence electrons. The van der Waals surface area contributed by atoms with Crippen LogP contribution in [0.3, 0.4) is 0 Å². The van der Waals surface area contributed by atoms with E-state index in [-0.39, 0.29) is 17.2 Å². The summed E-state index contributed by atoms with van der Waals surface area (Å²) in [5.74, 6) is 0.906. The summed E-state index contributed by atoms with van der Waals surface area (Å²) >= 11 is 0. The van der Waals surface area contributed by atoms with Crippen LogP contribution in [-0.2, 0) is 6.42 Å². The molecular formula is C29H52O5. The molecule has 0 aromatic heterocycles. The number of benzene rings is 1. The van der Waals surface area contributed by atoms with Gasteiger partial charge in [-0.25, -0.2) is 0 Å². The zero-order valence-electron chi connectivity index (χ0n) is 22.6. The van der Waals surface area contributed by atoms with E-state index in [4.69, 9.17) is 14.2 Å². The first-order valence-electron chi connectivity index (χ1n) is 14.1. The van der Waals surface area contributed by atoms with Crippen molar-refractivity contribution in [1.29, 1.82) is 0 Å². The van der Waals surface area contributed by atoms with Gasteiger partial charge in [0.1, 0.15) is 0 Å². The molecule has 0 aliphatic heterocycles. The molecule has 5 nitrogen and oxygen atoms in total. The van der Waals surface area contributed by atoms with Crippen LogP contribution in [-0.4, -0.2) is 30.0 Å². The van der Waals surface area contributed by atoms with Gasteiger partial charge < -0.3 is 24.4 Å². The van der Waals surface area contributed by atoms with E-state index in [1.807, 2.05) is 0 Å². The van der Waals surface area contributed by atoms with Crippen molar-refractivity contribution in [2.75, 3.05) is 19.8 Å². The molecule has 34 heavy (non-hydrogen) atoms. The highest BCUT2D eigenvalue weighted by molar-refractivity contribution is 5.69. The summed E-state index contributed by atoms with van der Waals surface area (Å²) in [6.07, 6.45) is 16.8. The molecule has 1 aromatic rings. The van der Waals surface area contributed by atoms with E-state index in [9.17, 15) is 10.2 Å². The molecule has 0 heterocycles. The highest BCUT2D eigenvalue weighted by atomic mass is 16.5. The van der Waals surface area contributed by atoms with Crippen LogP contribution in [0.2, 0.25) is 0 Å². The number of ether oxygens (including phenoxy) is 3. The first-order valence-corrected chi connectivity index (χ1v) is 14.1. The summed E-state index contributed by atoms with van der Waals surface area (Å²) < 4.78 is 18.5. The van der Waals surface area contributed by atoms with E-state index in [1.54, 1.807) is 0 Å². The lowest BCUT2D eigenvalue weighted by molar-refractivity contribution is 0.223. The number of rotatable bonds is 22. The molecule has 0 atom stereocenters. The highest BCUT2D eigenvalue weighted by Gasteiger charge is 2.27. The predicted octanol–water partition coefficient (Wildman–Crippen LogP) is 8.71. The summed E-state index contributed by atoms with van der Waals surface area (Å²) in [7, 11) is 0. The third-order valence-electron chi connectivity index (χ3n) is 6.17. The Morgan fingerprint density at radius 2 is 0.853 bits per heavy atom. The van der Waals surface area contributed by atoms with Crippen molar-refractivity contribution in [3.8, 4) is 28.7 Å². The van der Waals surface area contributed by atoms with E-state index in [0.717, 1.165) is 70.6 Å². The Hall–Kier alpha value is -1.78. The van der Waals surface area contributed by atoms with Gasteiger partial charge in [-0.15, -0.1) is 0 Å². The highest BCUT2D eigenvalue weighted by Crippen LogP contribution is 2.53. The zero-order chi connectivity index (χ0) is 25.0. The minimum atomic E-state index is -0.219. The van der Waals surface area contributed by atoms with E-state index in [2.05, 4.69) is 27.7 Å². The maximum absolute atomic E-state index is 10.9. The molecule has 0 spiro atoms. The van der Waals surface area contributed by atoms with Crippen LogP contribution < -0.4 is 14.2 Å². The lowest BCUT2D eigenvalue weighted by Crippen LogP contribution is -2.09. The molecule has 0 saturated carbocycles. The van der Waals surface area contributed by atoms with Gasteiger partial charge in [0.05, 0.1) is 19.8 Å². The summed E-state index contributed by atoms with van der Waals surface area (Å²) in [4.78, 5) is 0. The second-order valence-corrected chi connectivity index (χ2v) is 9.35. The van der Waals surface area contributed by atoms with Crippen molar-refractivity contribution in [1.82, 2.24) is 0 Å². The van der Waals surface area contributed by atoms with Crippen molar-refractivity contribution < 1.29 is 24.4 Å². The molecule has 0 unspecified atom stereocenters. The normalized spacial score (nSPS) is 11.1. The van der Waals surface area contributed by atoms with Crippen molar-refractivity contribution in [2.45, 2.75) is 130 Å². The van der Waals surface area contributed by atoms with Gasteiger partial charge in [0.2, 0.25) is 17.2 Å². The number of unbranched alkanes of at least 4 members (excludes halogenated alkanes) is 11. The minimum absolute atomic E-state index is 0.124. The fourth-order valence-corrected chi connectivity index (χ4v) is 4.02. The maximum atomic E-state index is 10.9. The molecule has 0 bridgehead atoms. The molecule has 0 saturated heterocycles. The number of phenols is 2. The first kappa shape index (κ1) is 30.3. The third-order valence-corrected chi connectivity index (χ3v) is 6.17. The molecule has 1 rings (SSSR count). The fourth-order valence-electron chi connectivity index (χ4n) is 4.02. The standard InChI is InChI=1S/C29H52O5/c1-5-9-13-17-21-32-27-24(20-16-12-8-4)25(30)26(31)28(33-22-18-14-10-6-2)29(27)34-23-19-15-11-7-3/h30-31H,5-23H2,1-4H3. The molecule has 0 aliphatic rings. The summed E-state index contributed by atoms with van der Waals surface area (Å²) in [5.41, 5.74) is 0.642. The van der Waals surface area contributed by atoms with Gasteiger partial charge in [-0.1, -0.05) is 98.3 Å². The van der Waals surface area contributed by atoms with E-state index >= 15 is 0 Å². The lowest BCUT2D eigenvalue weighted by Gasteiger charge is -2.22. The van der Waals surface area contributed by atoms with Gasteiger partial charge in [-0.2, -0.15) is 0 Å². The number of phenolic OH excluding ortho intramolecular Hbond substituents is 2. The number of hydrogen-bond acceptors (Lipinski definition) is 5. The number of hydrogen-bond donors (Lipinski definition) is 2. The summed E-state index contributed by atoms with van der Waals surface area (Å²) in [6, 6.07) is 0. The number of aromatic hydroxyl groups is 2. The third kappa shape index (κ3) is 11.1. The Balaban J connectivity index is 3.21. The van der Waals surface area contributed by atoms with Crippen LogP contribution >= 0.6 is 0 Å². The smallest absolute Gasteiger partial charge is 0.211 e. The predicted molar refractivity (Wildman–Crippen MR) is 142 cm³/mol. The molecule has 0 amide bonds. The molecular weight excluding hydrogens is 428 g/mol. The van der Waals surface area contributed by atoms with Crippen molar-refractivity contribution in [3.63, 3.8) is 0 Å². The van der Waals surface area contributed by atoms with Crippen LogP contribution in [0.25, 0.3) is 0 Å². The Kier molecular flexibility index (Phi) is 17.4. The molecule has 5 heteroatoms. The second-order valence-electron chi connectivity index (χ2n) is 9.35. The van der Waals surface area contributed by atoms with Gasteiger partial charge in [-0.3, -0.25) is 0 Å². The van der Waals surface area contributed by atoms with E-state index < -0.39 is 0 Å². The first-order chi connectivity index (χ1) is 16.6. The molecule has 1 aromatic carbocycles. The average molecular weight is 481 g/mol. The van der Waals surface area contributed by atoms with Gasteiger partial charge in [-0.05, 0) is 32.1 Å². The van der Waals surface area contributed by atoms with Gasteiger partial charge in [0.25, 0.3) is 0 Å². The average Bonchev–Trinajstić information content (AvgIpc) is 2.84. The largest absolute Gasteiger partial charge is 0.504 e. The van der Waals surface area contributed by atoms with Crippen molar-refractivity contribution in [3.05, 3.63) is 5.56 Å². The Morgan fingerprint density at radius 1 is 0.441 bits per heavy atom. The minimum Gasteiger partial charge on any atom is -0.504 e. The van der Waals surface area contributed by atoms with Gasteiger partial charge in [0, 0.05) is 5.56 Å². The van der Waals surface area contributed by atoms with E-state index in [1.165, 1.54) is 25.7 Å². The van der Waals surface area contributed by atoms with Gasteiger partial charge in [0.15, 0.2) is 11.5 Å². The van der Waals surface area contributed by atoms with Crippen LogP contribution in [0.5, 0.6) is 28.7 Å². The molecule has 0 aliphatic carbocycles. The van der Waals surface area contributed by atoms with Crippen molar-refractivity contribution >= 4 is 0 Å². The monoisotopic (exact) mass is 480 g/mol. The van der Waals surface area contributed by atoms with E-state index in [0.29, 0.717) is 43.3 Å². The Morgan fingerprint density at radius 3 is 1.32 bits per heavy atom. The van der Waals surface area contributed by atoms with Crippen LogP contribution in [0.4, 0.5) is 0 Å². The summed E-state index contributed by atoms with van der Waals surface area (Å²) in [6.45, 7) is 10.3. The van der Waals surface area contributed by atoms with Crippen LogP contribution in [0.1, 0.15) is 130 Å². The molecule has 0 fully saturated rings. The summed E-state index contributed by atoms with van der Waals surface area (Å²) in [5, 5.41) is 21.9. The topological polar surface area (TPSA) is 68.2 Å². The lowest BCUT2D eigenvalue weighted by atomic mass is 10.0. The van der Waals surface area contributed by atoms with Crippen molar-refractivity contribution in [2.24, 2.45) is 0 Å².